The van der Waals surface area contributed by atoms with Crippen molar-refractivity contribution in [3.05, 3.63) is 48.6 Å². The Hall–Kier alpha value is -2.71. The number of rotatable bonds is 32. The average Bonchev–Trinajstić information content (AvgIpc) is 3.03. The highest BCUT2D eigenvalue weighted by Crippen LogP contribution is 2.13. The second kappa shape index (κ2) is 31.6. The lowest BCUT2D eigenvalue weighted by molar-refractivity contribution is -0.889. The molecule has 0 aliphatic carbocycles. The van der Waals surface area contributed by atoms with Crippen LogP contribution in [-0.2, 0) is 28.6 Å². The maximum Gasteiger partial charge on any atom is 0.306 e. The summed E-state index contributed by atoms with van der Waals surface area (Å²) < 4.78 is 17.0. The Bertz CT molecular complexity index is 932. The Morgan fingerprint density at radius 2 is 1.17 bits per heavy atom. The molecule has 0 aromatic heterocycles. The predicted octanol–water partition coefficient (Wildman–Crippen LogP) is 7.96. The van der Waals surface area contributed by atoms with E-state index in [1.54, 1.807) is 21.1 Å². The molecule has 0 fully saturated rings. The minimum Gasteiger partial charge on any atom is -0.544 e. The van der Waals surface area contributed by atoms with Gasteiger partial charge in [0.2, 0.25) is 0 Å². The van der Waals surface area contributed by atoms with Gasteiger partial charge >= 0.3 is 11.9 Å². The molecule has 0 aliphatic heterocycles. The third kappa shape index (κ3) is 29.4. The maximum absolute atomic E-state index is 12.6. The zero-order valence-corrected chi connectivity index (χ0v) is 31.1. The van der Waals surface area contributed by atoms with E-state index in [2.05, 4.69) is 32.1 Å². The van der Waals surface area contributed by atoms with Crippen LogP contribution < -0.4 is 5.11 Å². The summed E-state index contributed by atoms with van der Waals surface area (Å²) in [5.74, 6) is -1.77. The Balaban J connectivity index is 4.45. The summed E-state index contributed by atoms with van der Waals surface area (Å²) >= 11 is 0. The van der Waals surface area contributed by atoms with E-state index in [4.69, 9.17) is 14.2 Å². The molecule has 8 nitrogen and oxygen atoms in total. The first kappa shape index (κ1) is 45.3. The van der Waals surface area contributed by atoms with Gasteiger partial charge in [-0.3, -0.25) is 9.59 Å². The fourth-order valence-corrected chi connectivity index (χ4v) is 5.14. The molecule has 276 valence electrons. The van der Waals surface area contributed by atoms with E-state index < -0.39 is 18.1 Å². The van der Waals surface area contributed by atoms with E-state index in [1.807, 2.05) is 30.4 Å². The van der Waals surface area contributed by atoms with Gasteiger partial charge in [-0.1, -0.05) is 133 Å². The molecule has 0 N–H and O–H groups in total. The SMILES string of the molecule is CC/C=C/C=C/C=C/C=C/CCCCCCCC(=O)OCC(COCCC(C(=O)[O-])[N+](C)(C)C)OC(=O)CCCCCCCCCCC. The summed E-state index contributed by atoms with van der Waals surface area (Å²) in [5.41, 5.74) is 0. The van der Waals surface area contributed by atoms with Crippen molar-refractivity contribution in [3.63, 3.8) is 0 Å². The van der Waals surface area contributed by atoms with E-state index in [-0.39, 0.29) is 42.7 Å². The summed E-state index contributed by atoms with van der Waals surface area (Å²) in [6.07, 6.45) is 34.2. The molecule has 0 aliphatic rings. The normalized spacial score (nSPS) is 13.6. The summed E-state index contributed by atoms with van der Waals surface area (Å²) in [6, 6.07) is -0.727. The number of likely N-dealkylation sites (N-methyl/N-ethyl adjacent to an activating group) is 1. The Labute approximate surface area is 293 Å². The van der Waals surface area contributed by atoms with Crippen molar-refractivity contribution in [3.8, 4) is 0 Å². The van der Waals surface area contributed by atoms with Crippen LogP contribution in [0.4, 0.5) is 0 Å². The van der Waals surface area contributed by atoms with Crippen molar-refractivity contribution in [1.29, 1.82) is 0 Å². The number of unbranched alkanes of at least 4 members (excludes halogenated alkanes) is 13. The molecule has 0 radical (unpaired) electrons. The number of hydrogen-bond donors (Lipinski definition) is 0. The van der Waals surface area contributed by atoms with Gasteiger partial charge in [0.05, 0.1) is 40.3 Å². The number of hydrogen-bond acceptors (Lipinski definition) is 7. The third-order valence-electron chi connectivity index (χ3n) is 8.07. The van der Waals surface area contributed by atoms with Gasteiger partial charge in [-0.2, -0.15) is 0 Å². The molecule has 0 bridgehead atoms. The van der Waals surface area contributed by atoms with Gasteiger partial charge in [0.15, 0.2) is 6.10 Å². The van der Waals surface area contributed by atoms with Crippen LogP contribution in [0, 0.1) is 0 Å². The molecule has 0 aromatic rings. The lowest BCUT2D eigenvalue weighted by Gasteiger charge is -2.34. The topological polar surface area (TPSA) is 102 Å². The van der Waals surface area contributed by atoms with E-state index in [0.29, 0.717) is 12.8 Å². The zero-order valence-electron chi connectivity index (χ0n) is 31.1. The lowest BCUT2D eigenvalue weighted by atomic mass is 10.1. The summed E-state index contributed by atoms with van der Waals surface area (Å²) in [5, 5.41) is 11.6. The van der Waals surface area contributed by atoms with Crippen LogP contribution in [-0.4, -0.2) is 75.5 Å². The number of quaternary nitrogens is 1. The zero-order chi connectivity index (χ0) is 35.7. The molecule has 0 spiro atoms. The monoisotopic (exact) mass is 676 g/mol. The van der Waals surface area contributed by atoms with Crippen molar-refractivity contribution in [2.45, 2.75) is 148 Å². The van der Waals surface area contributed by atoms with Crippen molar-refractivity contribution in [1.82, 2.24) is 0 Å². The first-order valence-corrected chi connectivity index (χ1v) is 18.7. The number of carboxylic acids is 1. The van der Waals surface area contributed by atoms with Crippen LogP contribution in [0.2, 0.25) is 0 Å². The van der Waals surface area contributed by atoms with E-state index >= 15 is 0 Å². The standard InChI is InChI=1S/C40H69NO7/c1-6-8-10-12-14-16-17-18-19-20-21-23-24-26-28-30-38(42)47-35-36(34-46-33-32-37(40(44)45)41(3,4)5)48-39(43)31-29-27-25-22-15-13-11-9-7-2/h8,10,12,14,16-19,36-37H,6-7,9,11,13,15,20-35H2,1-5H3/b10-8+,14-12+,17-16+,19-18+. The highest BCUT2D eigenvalue weighted by molar-refractivity contribution is 5.70. The molecular weight excluding hydrogens is 606 g/mol. The Kier molecular flexibility index (Phi) is 29.8. The number of allylic oxidation sites excluding steroid dienone is 8. The van der Waals surface area contributed by atoms with Crippen molar-refractivity contribution < 1.29 is 38.2 Å². The van der Waals surface area contributed by atoms with Gasteiger partial charge in [-0.05, 0) is 32.1 Å². The minimum atomic E-state index is -1.13. The quantitative estimate of drug-likeness (QED) is 0.0309. The molecular formula is C40H69NO7. The molecule has 2 unspecified atom stereocenters. The second-order valence-corrected chi connectivity index (χ2v) is 13.5. The van der Waals surface area contributed by atoms with Crippen LogP contribution in [0.1, 0.15) is 136 Å². The maximum atomic E-state index is 12.6. The number of ether oxygens (including phenoxy) is 3. The number of carbonyl (C=O) groups is 3. The van der Waals surface area contributed by atoms with Crippen molar-refractivity contribution in [2.75, 3.05) is 41.0 Å². The van der Waals surface area contributed by atoms with E-state index in [1.165, 1.54) is 38.5 Å². The van der Waals surface area contributed by atoms with Gasteiger partial charge in [0.1, 0.15) is 12.6 Å². The van der Waals surface area contributed by atoms with E-state index in [9.17, 15) is 19.5 Å². The number of carbonyl (C=O) groups excluding carboxylic acids is 3. The van der Waals surface area contributed by atoms with Gasteiger partial charge < -0.3 is 28.6 Å². The van der Waals surface area contributed by atoms with Crippen LogP contribution in [0.3, 0.4) is 0 Å². The molecule has 0 aromatic carbocycles. The van der Waals surface area contributed by atoms with E-state index in [0.717, 1.165) is 64.2 Å². The summed E-state index contributed by atoms with van der Waals surface area (Å²) in [7, 11) is 5.38. The highest BCUT2D eigenvalue weighted by atomic mass is 16.6. The van der Waals surface area contributed by atoms with Crippen LogP contribution in [0.5, 0.6) is 0 Å². The number of carboxylic acid groups (broad SMARTS) is 1. The molecule has 2 atom stereocenters. The van der Waals surface area contributed by atoms with Crippen LogP contribution >= 0.6 is 0 Å². The van der Waals surface area contributed by atoms with Crippen molar-refractivity contribution in [2.24, 2.45) is 0 Å². The molecule has 0 saturated carbocycles. The fourth-order valence-electron chi connectivity index (χ4n) is 5.14. The number of esters is 2. The van der Waals surface area contributed by atoms with Crippen LogP contribution in [0.15, 0.2) is 48.6 Å². The van der Waals surface area contributed by atoms with Gasteiger partial charge in [0, 0.05) is 19.3 Å². The first-order chi connectivity index (χ1) is 23.1. The average molecular weight is 676 g/mol. The Morgan fingerprint density at radius 3 is 1.73 bits per heavy atom. The number of aliphatic carboxylic acids is 1. The first-order valence-electron chi connectivity index (χ1n) is 18.7. The molecule has 0 rings (SSSR count). The third-order valence-corrected chi connectivity index (χ3v) is 8.07. The van der Waals surface area contributed by atoms with Gasteiger partial charge in [-0.15, -0.1) is 0 Å². The molecule has 0 amide bonds. The minimum absolute atomic E-state index is 0.0327. The number of nitrogens with zero attached hydrogens (tertiary/aromatic N) is 1. The highest BCUT2D eigenvalue weighted by Gasteiger charge is 2.25. The largest absolute Gasteiger partial charge is 0.544 e. The second-order valence-electron chi connectivity index (χ2n) is 13.5. The van der Waals surface area contributed by atoms with Crippen LogP contribution in [0.25, 0.3) is 0 Å². The van der Waals surface area contributed by atoms with Crippen molar-refractivity contribution >= 4 is 17.9 Å². The Morgan fingerprint density at radius 1 is 0.646 bits per heavy atom. The van der Waals surface area contributed by atoms with Gasteiger partial charge in [0.25, 0.3) is 0 Å². The fraction of sp³-hybridized carbons (Fsp3) is 0.725. The molecule has 48 heavy (non-hydrogen) atoms. The molecule has 0 saturated heterocycles. The summed E-state index contributed by atoms with van der Waals surface area (Å²) in [4.78, 5) is 36.6. The summed E-state index contributed by atoms with van der Waals surface area (Å²) in [6.45, 7) is 4.45. The predicted molar refractivity (Wildman–Crippen MR) is 194 cm³/mol. The molecule has 0 heterocycles. The smallest absolute Gasteiger partial charge is 0.306 e. The van der Waals surface area contributed by atoms with Gasteiger partial charge in [-0.25, -0.2) is 0 Å². The lowest BCUT2D eigenvalue weighted by Crippen LogP contribution is -2.55. The molecule has 8 heteroatoms.